The fraction of sp³-hybridized carbons (Fsp3) is 0.643. The lowest BCUT2D eigenvalue weighted by Crippen LogP contribution is -2.41. The number of carbonyl (C=O) groups is 1. The minimum absolute atomic E-state index is 0.00593. The van der Waals surface area contributed by atoms with Crippen molar-refractivity contribution in [3.63, 3.8) is 0 Å². The van der Waals surface area contributed by atoms with Crippen LogP contribution in [0.3, 0.4) is 0 Å². The second-order valence-corrected chi connectivity index (χ2v) is 5.12. The Hall–Kier alpha value is -1.33. The molecule has 19 heavy (non-hydrogen) atoms. The molecule has 1 aromatic rings. The molecule has 5 nitrogen and oxygen atoms in total. The number of hydrogen-bond acceptors (Lipinski definition) is 4. The van der Waals surface area contributed by atoms with E-state index < -0.39 is 0 Å². The van der Waals surface area contributed by atoms with E-state index in [1.165, 1.54) is 19.1 Å². The van der Waals surface area contributed by atoms with E-state index in [1.807, 2.05) is 7.05 Å². The van der Waals surface area contributed by atoms with Crippen LogP contribution in [0.4, 0.5) is 0 Å². The molecule has 106 valence electrons. The van der Waals surface area contributed by atoms with E-state index in [0.29, 0.717) is 23.9 Å². The van der Waals surface area contributed by atoms with Crippen LogP contribution in [0.25, 0.3) is 0 Å². The highest BCUT2D eigenvalue weighted by Gasteiger charge is 2.26. The smallest absolute Gasteiger partial charge is 0.256 e. The molecule has 0 aliphatic carbocycles. The first-order valence-electron chi connectivity index (χ1n) is 6.92. The quantitative estimate of drug-likeness (QED) is 0.871. The van der Waals surface area contributed by atoms with Gasteiger partial charge in [0.05, 0.1) is 12.1 Å². The fourth-order valence-corrected chi connectivity index (χ4v) is 2.74. The van der Waals surface area contributed by atoms with Crippen LogP contribution in [0.1, 0.15) is 35.9 Å². The number of likely N-dealkylation sites (N-methyl/N-ethyl adjacent to an activating group) is 2. The molecule has 1 atom stereocenters. The van der Waals surface area contributed by atoms with Gasteiger partial charge in [0, 0.05) is 19.6 Å². The number of hydrogen-bond donors (Lipinski definition) is 1. The Morgan fingerprint density at radius 1 is 1.63 bits per heavy atom. The molecule has 2 heterocycles. The Morgan fingerprint density at radius 2 is 2.42 bits per heavy atom. The van der Waals surface area contributed by atoms with E-state index in [4.69, 9.17) is 10.2 Å². The Kier molecular flexibility index (Phi) is 4.61. The summed E-state index contributed by atoms with van der Waals surface area (Å²) in [6, 6.07) is 2.21. The molecule has 2 N–H and O–H groups in total. The molecule has 0 bridgehead atoms. The second-order valence-electron chi connectivity index (χ2n) is 5.12. The molecule has 0 aromatic carbocycles. The predicted molar refractivity (Wildman–Crippen MR) is 73.8 cm³/mol. The van der Waals surface area contributed by atoms with Gasteiger partial charge in [-0.25, -0.2) is 0 Å². The zero-order chi connectivity index (χ0) is 13.8. The van der Waals surface area contributed by atoms with Gasteiger partial charge in [0.25, 0.3) is 5.91 Å². The number of rotatable bonds is 5. The third kappa shape index (κ3) is 3.16. The largest absolute Gasteiger partial charge is 0.467 e. The van der Waals surface area contributed by atoms with E-state index >= 15 is 0 Å². The summed E-state index contributed by atoms with van der Waals surface area (Å²) in [5, 5.41) is 0. The molecular formula is C14H23N3O2. The molecule has 1 unspecified atom stereocenters. The van der Waals surface area contributed by atoms with E-state index in [-0.39, 0.29) is 5.91 Å². The summed E-state index contributed by atoms with van der Waals surface area (Å²) < 4.78 is 5.21. The molecular weight excluding hydrogens is 242 g/mol. The van der Waals surface area contributed by atoms with Crippen LogP contribution in [0.15, 0.2) is 16.7 Å². The highest BCUT2D eigenvalue weighted by molar-refractivity contribution is 5.93. The number of nitrogens with two attached hydrogens (primary N) is 1. The first-order valence-corrected chi connectivity index (χ1v) is 6.92. The van der Waals surface area contributed by atoms with Gasteiger partial charge in [0.15, 0.2) is 0 Å². The molecule has 0 radical (unpaired) electrons. The maximum absolute atomic E-state index is 12.3. The normalized spacial score (nSPS) is 19.8. The van der Waals surface area contributed by atoms with Crippen molar-refractivity contribution in [1.29, 1.82) is 0 Å². The van der Waals surface area contributed by atoms with Crippen molar-refractivity contribution < 1.29 is 9.21 Å². The van der Waals surface area contributed by atoms with Crippen LogP contribution < -0.4 is 5.73 Å². The van der Waals surface area contributed by atoms with E-state index in [9.17, 15) is 4.79 Å². The standard InChI is InChI=1S/C14H23N3O2/c1-3-17-6-4-5-12(17)9-16(2)14(18)11-7-13(8-15)19-10-11/h7,10,12H,3-6,8-9,15H2,1-2H3. The molecule has 1 amide bonds. The highest BCUT2D eigenvalue weighted by atomic mass is 16.3. The van der Waals surface area contributed by atoms with Crippen LogP contribution in [-0.4, -0.2) is 48.4 Å². The molecule has 1 fully saturated rings. The van der Waals surface area contributed by atoms with Crippen LogP contribution in [0.5, 0.6) is 0 Å². The first-order chi connectivity index (χ1) is 9.15. The van der Waals surface area contributed by atoms with Crippen molar-refractivity contribution in [2.24, 2.45) is 5.73 Å². The number of furan rings is 1. The van der Waals surface area contributed by atoms with Crippen LogP contribution in [0, 0.1) is 0 Å². The topological polar surface area (TPSA) is 62.7 Å². The molecule has 0 saturated carbocycles. The molecule has 1 saturated heterocycles. The van der Waals surface area contributed by atoms with E-state index in [1.54, 1.807) is 11.0 Å². The summed E-state index contributed by atoms with van der Waals surface area (Å²) in [6.45, 7) is 5.46. The first kappa shape index (κ1) is 14.1. The lowest BCUT2D eigenvalue weighted by Gasteiger charge is -2.27. The Labute approximate surface area is 114 Å². The average Bonchev–Trinajstić information content (AvgIpc) is 3.06. The highest BCUT2D eigenvalue weighted by Crippen LogP contribution is 2.18. The minimum Gasteiger partial charge on any atom is -0.467 e. The van der Waals surface area contributed by atoms with Gasteiger partial charge < -0.3 is 15.1 Å². The fourth-order valence-electron chi connectivity index (χ4n) is 2.74. The second kappa shape index (κ2) is 6.21. The van der Waals surface area contributed by atoms with Gasteiger partial charge in [-0.1, -0.05) is 6.92 Å². The average molecular weight is 265 g/mol. The van der Waals surface area contributed by atoms with Crippen molar-refractivity contribution in [2.45, 2.75) is 32.4 Å². The number of amides is 1. The molecule has 1 aliphatic heterocycles. The molecule has 5 heteroatoms. The monoisotopic (exact) mass is 265 g/mol. The van der Waals surface area contributed by atoms with Gasteiger partial charge in [-0.05, 0) is 32.0 Å². The summed E-state index contributed by atoms with van der Waals surface area (Å²) in [5.41, 5.74) is 6.07. The SMILES string of the molecule is CCN1CCCC1CN(C)C(=O)c1coc(CN)c1. The minimum atomic E-state index is 0.00593. The summed E-state index contributed by atoms with van der Waals surface area (Å²) >= 11 is 0. The summed E-state index contributed by atoms with van der Waals surface area (Å²) in [4.78, 5) is 16.5. The van der Waals surface area contributed by atoms with Gasteiger partial charge in [-0.15, -0.1) is 0 Å². The van der Waals surface area contributed by atoms with Crippen molar-refractivity contribution >= 4 is 5.91 Å². The Balaban J connectivity index is 1.95. The van der Waals surface area contributed by atoms with Gasteiger partial charge in [0.2, 0.25) is 0 Å². The summed E-state index contributed by atoms with van der Waals surface area (Å²) in [5.74, 6) is 0.652. The predicted octanol–water partition coefficient (Wildman–Crippen LogP) is 1.29. The van der Waals surface area contributed by atoms with Gasteiger partial charge in [-0.3, -0.25) is 9.69 Å². The summed E-state index contributed by atoms with van der Waals surface area (Å²) in [7, 11) is 1.85. The van der Waals surface area contributed by atoms with E-state index in [2.05, 4.69) is 11.8 Å². The lowest BCUT2D eigenvalue weighted by molar-refractivity contribution is 0.0754. The van der Waals surface area contributed by atoms with Crippen molar-refractivity contribution in [3.8, 4) is 0 Å². The third-order valence-corrected chi connectivity index (χ3v) is 3.84. The van der Waals surface area contributed by atoms with Crippen molar-refractivity contribution in [1.82, 2.24) is 9.80 Å². The third-order valence-electron chi connectivity index (χ3n) is 3.84. The van der Waals surface area contributed by atoms with E-state index in [0.717, 1.165) is 19.6 Å². The lowest BCUT2D eigenvalue weighted by atomic mass is 10.2. The van der Waals surface area contributed by atoms with Gasteiger partial charge in [0.1, 0.15) is 12.0 Å². The molecule has 1 aromatic heterocycles. The van der Waals surface area contributed by atoms with Gasteiger partial charge >= 0.3 is 0 Å². The molecule has 2 rings (SSSR count). The Bertz CT molecular complexity index is 430. The number of nitrogens with zero attached hydrogens (tertiary/aromatic N) is 2. The zero-order valence-corrected chi connectivity index (χ0v) is 11.8. The summed E-state index contributed by atoms with van der Waals surface area (Å²) in [6.07, 6.45) is 3.89. The van der Waals surface area contributed by atoms with Crippen molar-refractivity contribution in [3.05, 3.63) is 23.7 Å². The number of likely N-dealkylation sites (tertiary alicyclic amines) is 1. The van der Waals surface area contributed by atoms with Crippen molar-refractivity contribution in [2.75, 3.05) is 26.7 Å². The maximum atomic E-state index is 12.3. The Morgan fingerprint density at radius 3 is 3.05 bits per heavy atom. The van der Waals surface area contributed by atoms with Gasteiger partial charge in [-0.2, -0.15) is 0 Å². The van der Waals surface area contributed by atoms with Crippen LogP contribution in [0.2, 0.25) is 0 Å². The molecule has 0 spiro atoms. The maximum Gasteiger partial charge on any atom is 0.256 e. The zero-order valence-electron chi connectivity index (χ0n) is 11.8. The number of carbonyl (C=O) groups excluding carboxylic acids is 1. The van der Waals surface area contributed by atoms with Crippen LogP contribution >= 0.6 is 0 Å². The van der Waals surface area contributed by atoms with Crippen LogP contribution in [-0.2, 0) is 6.54 Å². The molecule has 1 aliphatic rings.